The molecule has 1 heterocycles. The number of likely N-dealkylation sites (tertiary alicyclic amines) is 1. The number of anilines is 1. The highest BCUT2D eigenvalue weighted by Gasteiger charge is 2.25. The second-order valence-corrected chi connectivity index (χ2v) is 6.50. The number of nitrogens with zero attached hydrogens (tertiary/aromatic N) is 1. The van der Waals surface area contributed by atoms with Crippen molar-refractivity contribution in [2.75, 3.05) is 25.0 Å². The maximum atomic E-state index is 12.2. The van der Waals surface area contributed by atoms with E-state index < -0.39 is 0 Å². The number of nitrogens with one attached hydrogen (secondary N) is 2. The molecule has 1 fully saturated rings. The Balaban J connectivity index is 0.00000288. The number of carbonyl (C=O) groups is 2. The average Bonchev–Trinajstić information content (AvgIpc) is 2.95. The monoisotopic (exact) mass is 374 g/mol. The third kappa shape index (κ3) is 5.26. The van der Waals surface area contributed by atoms with Gasteiger partial charge >= 0.3 is 6.03 Å². The molecule has 1 saturated heterocycles. The van der Waals surface area contributed by atoms with E-state index >= 15 is 0 Å². The van der Waals surface area contributed by atoms with Gasteiger partial charge in [0, 0.05) is 24.8 Å². The normalized spacial score (nSPS) is 16.7. The number of benzene rings is 1. The van der Waals surface area contributed by atoms with E-state index in [9.17, 15) is 9.59 Å². The van der Waals surface area contributed by atoms with Crippen LogP contribution < -0.4 is 16.4 Å². The van der Waals surface area contributed by atoms with Gasteiger partial charge in [0.05, 0.1) is 10.6 Å². The molecule has 6 nitrogen and oxygen atoms in total. The smallest absolute Gasteiger partial charge is 0.321 e. The minimum atomic E-state index is -0.229. The summed E-state index contributed by atoms with van der Waals surface area (Å²) in [6, 6.07) is 4.74. The van der Waals surface area contributed by atoms with Gasteiger partial charge in [-0.15, -0.1) is 12.4 Å². The Hall–Kier alpha value is -1.50. The number of hydrogen-bond donors (Lipinski definition) is 3. The molecular weight excluding hydrogens is 351 g/mol. The van der Waals surface area contributed by atoms with E-state index in [-0.39, 0.29) is 30.4 Å². The van der Waals surface area contributed by atoms with Gasteiger partial charge in [-0.1, -0.05) is 11.6 Å². The quantitative estimate of drug-likeness (QED) is 0.756. The highest BCUT2D eigenvalue weighted by atomic mass is 35.5. The first-order chi connectivity index (χ1) is 10.9. The van der Waals surface area contributed by atoms with Gasteiger partial charge in [-0.25, -0.2) is 4.79 Å². The summed E-state index contributed by atoms with van der Waals surface area (Å²) >= 11 is 6.15. The Morgan fingerprint density at radius 2 is 2.12 bits per heavy atom. The lowest BCUT2D eigenvalue weighted by Crippen LogP contribution is -2.33. The third-order valence-electron chi connectivity index (χ3n) is 3.79. The number of nitrogens with two attached hydrogens (primary N) is 1. The second kappa shape index (κ2) is 9.11. The number of urea groups is 1. The molecule has 134 valence electrons. The van der Waals surface area contributed by atoms with Crippen molar-refractivity contribution >= 4 is 41.6 Å². The zero-order valence-electron chi connectivity index (χ0n) is 13.8. The Bertz CT molecular complexity index is 595. The molecule has 2 rings (SSSR count). The molecule has 1 aliphatic heterocycles. The van der Waals surface area contributed by atoms with Crippen LogP contribution in [0.5, 0.6) is 0 Å². The Morgan fingerprint density at radius 3 is 2.67 bits per heavy atom. The number of hydrogen-bond acceptors (Lipinski definition) is 3. The molecular formula is C16H24Cl2N4O2. The SMILES string of the molecule is CC(C)NC(=O)c1ccc(NC(=O)N2CCC(CN)C2)cc1Cl.Cl. The Morgan fingerprint density at radius 1 is 1.42 bits per heavy atom. The van der Waals surface area contributed by atoms with Crippen molar-refractivity contribution < 1.29 is 9.59 Å². The molecule has 1 unspecified atom stereocenters. The first-order valence-electron chi connectivity index (χ1n) is 7.77. The number of amides is 3. The van der Waals surface area contributed by atoms with E-state index in [0.29, 0.717) is 41.8 Å². The highest BCUT2D eigenvalue weighted by Crippen LogP contribution is 2.22. The van der Waals surface area contributed by atoms with Crippen molar-refractivity contribution in [1.29, 1.82) is 0 Å². The molecule has 8 heteroatoms. The van der Waals surface area contributed by atoms with Gasteiger partial charge in [0.2, 0.25) is 0 Å². The molecule has 1 aromatic carbocycles. The van der Waals surface area contributed by atoms with Crippen LogP contribution in [-0.2, 0) is 0 Å². The molecule has 0 aliphatic carbocycles. The lowest BCUT2D eigenvalue weighted by Gasteiger charge is -2.17. The zero-order chi connectivity index (χ0) is 17.0. The van der Waals surface area contributed by atoms with Crippen LogP contribution in [0.15, 0.2) is 18.2 Å². The first-order valence-corrected chi connectivity index (χ1v) is 8.15. The standard InChI is InChI=1S/C16H23ClN4O2.ClH/c1-10(2)19-15(22)13-4-3-12(7-14(13)17)20-16(23)21-6-5-11(8-18)9-21;/h3-4,7,10-11H,5-6,8-9,18H2,1-2H3,(H,19,22)(H,20,23);1H. The second-order valence-electron chi connectivity index (χ2n) is 6.09. The molecule has 1 aliphatic rings. The van der Waals surface area contributed by atoms with Crippen molar-refractivity contribution in [3.05, 3.63) is 28.8 Å². The van der Waals surface area contributed by atoms with E-state index in [4.69, 9.17) is 17.3 Å². The van der Waals surface area contributed by atoms with Crippen molar-refractivity contribution in [3.8, 4) is 0 Å². The van der Waals surface area contributed by atoms with Crippen LogP contribution in [0, 0.1) is 5.92 Å². The van der Waals surface area contributed by atoms with Crippen LogP contribution in [0.3, 0.4) is 0 Å². The topological polar surface area (TPSA) is 87.5 Å². The van der Waals surface area contributed by atoms with Gasteiger partial charge in [0.15, 0.2) is 0 Å². The summed E-state index contributed by atoms with van der Waals surface area (Å²) in [5.74, 6) is 0.139. The molecule has 0 saturated carbocycles. The summed E-state index contributed by atoms with van der Waals surface area (Å²) in [7, 11) is 0. The van der Waals surface area contributed by atoms with Gasteiger partial charge in [0.1, 0.15) is 0 Å². The van der Waals surface area contributed by atoms with Gasteiger partial charge in [-0.2, -0.15) is 0 Å². The van der Waals surface area contributed by atoms with Crippen molar-refractivity contribution in [1.82, 2.24) is 10.2 Å². The predicted molar refractivity (Wildman–Crippen MR) is 99.1 cm³/mol. The van der Waals surface area contributed by atoms with Crippen molar-refractivity contribution in [3.63, 3.8) is 0 Å². The van der Waals surface area contributed by atoms with Gasteiger partial charge in [-0.3, -0.25) is 4.79 Å². The molecule has 3 amide bonds. The maximum absolute atomic E-state index is 12.2. The molecule has 4 N–H and O–H groups in total. The number of rotatable bonds is 4. The van der Waals surface area contributed by atoms with Gasteiger partial charge in [0.25, 0.3) is 5.91 Å². The maximum Gasteiger partial charge on any atom is 0.321 e. The fraction of sp³-hybridized carbons (Fsp3) is 0.500. The van der Waals surface area contributed by atoms with E-state index in [0.717, 1.165) is 6.42 Å². The highest BCUT2D eigenvalue weighted by molar-refractivity contribution is 6.34. The van der Waals surface area contributed by atoms with Crippen LogP contribution in [0.25, 0.3) is 0 Å². The summed E-state index contributed by atoms with van der Waals surface area (Å²) in [5, 5.41) is 5.90. The van der Waals surface area contributed by atoms with Gasteiger partial charge in [-0.05, 0) is 50.9 Å². The number of halogens is 2. The fourth-order valence-electron chi connectivity index (χ4n) is 2.53. The molecule has 24 heavy (non-hydrogen) atoms. The molecule has 0 aromatic heterocycles. The van der Waals surface area contributed by atoms with Gasteiger partial charge < -0.3 is 21.3 Å². The molecule has 1 atom stereocenters. The zero-order valence-corrected chi connectivity index (χ0v) is 15.4. The first kappa shape index (κ1) is 20.5. The van der Waals surface area contributed by atoms with E-state index in [2.05, 4.69) is 10.6 Å². The Labute approximate surface area is 153 Å². The van der Waals surface area contributed by atoms with Crippen molar-refractivity contribution in [2.24, 2.45) is 11.7 Å². The van der Waals surface area contributed by atoms with E-state index in [1.807, 2.05) is 13.8 Å². The third-order valence-corrected chi connectivity index (χ3v) is 4.10. The van der Waals surface area contributed by atoms with Crippen LogP contribution in [-0.4, -0.2) is 42.5 Å². The van der Waals surface area contributed by atoms with E-state index in [1.165, 1.54) is 0 Å². The lowest BCUT2D eigenvalue weighted by molar-refractivity contribution is 0.0943. The summed E-state index contributed by atoms with van der Waals surface area (Å²) in [6.07, 6.45) is 0.930. The number of carbonyl (C=O) groups excluding carboxylic acids is 2. The molecule has 1 aromatic rings. The summed E-state index contributed by atoms with van der Waals surface area (Å²) in [4.78, 5) is 25.9. The minimum absolute atomic E-state index is 0. The minimum Gasteiger partial charge on any atom is -0.350 e. The Kier molecular flexibility index (Phi) is 7.79. The molecule has 0 spiro atoms. The average molecular weight is 375 g/mol. The van der Waals surface area contributed by atoms with Crippen LogP contribution >= 0.6 is 24.0 Å². The van der Waals surface area contributed by atoms with Crippen LogP contribution in [0.2, 0.25) is 5.02 Å². The molecule has 0 radical (unpaired) electrons. The fourth-order valence-corrected chi connectivity index (χ4v) is 2.80. The summed E-state index contributed by atoms with van der Waals surface area (Å²) in [5.41, 5.74) is 6.59. The van der Waals surface area contributed by atoms with Crippen LogP contribution in [0.4, 0.5) is 10.5 Å². The largest absolute Gasteiger partial charge is 0.350 e. The van der Waals surface area contributed by atoms with Crippen LogP contribution in [0.1, 0.15) is 30.6 Å². The predicted octanol–water partition coefficient (Wildman–Crippen LogP) is 2.71. The molecule has 0 bridgehead atoms. The van der Waals surface area contributed by atoms with Crippen molar-refractivity contribution in [2.45, 2.75) is 26.3 Å². The summed E-state index contributed by atoms with van der Waals surface area (Å²) in [6.45, 7) is 5.73. The lowest BCUT2D eigenvalue weighted by atomic mass is 10.1. The summed E-state index contributed by atoms with van der Waals surface area (Å²) < 4.78 is 0. The van der Waals surface area contributed by atoms with E-state index in [1.54, 1.807) is 23.1 Å².